The molecule has 6 heteroatoms. The van der Waals surface area contributed by atoms with E-state index in [2.05, 4.69) is 10.5 Å². The Morgan fingerprint density at radius 1 is 1.00 bits per heavy atom. The second kappa shape index (κ2) is 5.96. The third-order valence-electron chi connectivity index (χ3n) is 2.84. The smallest absolute Gasteiger partial charge is 0.275 e. The molecule has 0 unspecified atom stereocenters. The number of phenols is 3. The summed E-state index contributed by atoms with van der Waals surface area (Å²) in [6.45, 7) is 1.57. The molecule has 2 aromatic carbocycles. The van der Waals surface area contributed by atoms with Crippen molar-refractivity contribution in [3.63, 3.8) is 0 Å². The van der Waals surface area contributed by atoms with E-state index in [0.29, 0.717) is 11.3 Å². The average Bonchev–Trinajstić information content (AvgIpc) is 2.47. The van der Waals surface area contributed by atoms with Crippen molar-refractivity contribution in [3.05, 3.63) is 53.6 Å². The van der Waals surface area contributed by atoms with Crippen LogP contribution in [0.1, 0.15) is 22.8 Å². The maximum Gasteiger partial charge on any atom is 0.275 e. The van der Waals surface area contributed by atoms with Gasteiger partial charge in [-0.05, 0) is 37.3 Å². The van der Waals surface area contributed by atoms with Crippen LogP contribution in [0.3, 0.4) is 0 Å². The molecular formula is C15H14N2O4. The van der Waals surface area contributed by atoms with Gasteiger partial charge in [-0.2, -0.15) is 5.10 Å². The van der Waals surface area contributed by atoms with Crippen molar-refractivity contribution in [2.75, 3.05) is 0 Å². The summed E-state index contributed by atoms with van der Waals surface area (Å²) in [5.41, 5.74) is 2.98. The van der Waals surface area contributed by atoms with Crippen molar-refractivity contribution in [2.24, 2.45) is 5.10 Å². The fraction of sp³-hybridized carbons (Fsp3) is 0.0667. The van der Waals surface area contributed by atoms with Gasteiger partial charge in [-0.3, -0.25) is 4.79 Å². The van der Waals surface area contributed by atoms with E-state index in [1.807, 2.05) is 0 Å². The van der Waals surface area contributed by atoms with Crippen LogP contribution in [-0.2, 0) is 0 Å². The molecule has 108 valence electrons. The summed E-state index contributed by atoms with van der Waals surface area (Å²) >= 11 is 0. The first-order chi connectivity index (χ1) is 9.99. The maximum absolute atomic E-state index is 11.9. The van der Waals surface area contributed by atoms with Crippen molar-refractivity contribution in [1.29, 1.82) is 0 Å². The Hall–Kier alpha value is -3.02. The molecule has 0 fully saturated rings. The number of hydrogen-bond donors (Lipinski definition) is 4. The van der Waals surface area contributed by atoms with Crippen LogP contribution in [-0.4, -0.2) is 26.9 Å². The molecule has 2 rings (SSSR count). The molecule has 0 bridgehead atoms. The van der Waals surface area contributed by atoms with E-state index < -0.39 is 5.91 Å². The number of para-hydroxylation sites is 1. The topological polar surface area (TPSA) is 102 Å². The minimum Gasteiger partial charge on any atom is -0.508 e. The van der Waals surface area contributed by atoms with Crippen molar-refractivity contribution < 1.29 is 20.1 Å². The van der Waals surface area contributed by atoms with Crippen LogP contribution in [0.25, 0.3) is 0 Å². The van der Waals surface area contributed by atoms with E-state index in [4.69, 9.17) is 0 Å². The number of amides is 1. The van der Waals surface area contributed by atoms with Crippen LogP contribution in [0.15, 0.2) is 47.6 Å². The first-order valence-electron chi connectivity index (χ1n) is 6.14. The lowest BCUT2D eigenvalue weighted by Crippen LogP contribution is -2.19. The highest BCUT2D eigenvalue weighted by atomic mass is 16.3. The summed E-state index contributed by atoms with van der Waals surface area (Å²) in [4.78, 5) is 11.9. The van der Waals surface area contributed by atoms with Gasteiger partial charge in [0.1, 0.15) is 17.2 Å². The largest absolute Gasteiger partial charge is 0.508 e. The molecule has 4 N–H and O–H groups in total. The van der Waals surface area contributed by atoms with Crippen LogP contribution < -0.4 is 5.43 Å². The van der Waals surface area contributed by atoms with Crippen LogP contribution in [0, 0.1) is 0 Å². The van der Waals surface area contributed by atoms with Gasteiger partial charge in [-0.1, -0.05) is 12.1 Å². The molecule has 0 saturated carbocycles. The first kappa shape index (κ1) is 14.4. The van der Waals surface area contributed by atoms with Crippen LogP contribution in [0.4, 0.5) is 0 Å². The van der Waals surface area contributed by atoms with E-state index >= 15 is 0 Å². The zero-order chi connectivity index (χ0) is 15.4. The number of benzene rings is 2. The summed E-state index contributed by atoms with van der Waals surface area (Å²) in [6.07, 6.45) is 0. The highest BCUT2D eigenvalue weighted by Crippen LogP contribution is 2.22. The number of phenolic OH excluding ortho intramolecular Hbond substituents is 3. The van der Waals surface area contributed by atoms with Gasteiger partial charge in [0, 0.05) is 5.56 Å². The third kappa shape index (κ3) is 3.30. The predicted molar refractivity (Wildman–Crippen MR) is 77.6 cm³/mol. The van der Waals surface area contributed by atoms with Crippen LogP contribution >= 0.6 is 0 Å². The fourth-order valence-electron chi connectivity index (χ4n) is 1.73. The zero-order valence-electron chi connectivity index (χ0n) is 11.2. The molecule has 0 aliphatic rings. The van der Waals surface area contributed by atoms with Gasteiger partial charge in [-0.25, -0.2) is 5.43 Å². The summed E-state index contributed by atoms with van der Waals surface area (Å²) in [7, 11) is 0. The number of hydrazone groups is 1. The number of hydrogen-bond acceptors (Lipinski definition) is 5. The highest BCUT2D eigenvalue weighted by Gasteiger charge is 2.10. The SMILES string of the molecule is C/C(=N/NC(=O)c1ccccc1O)c1cc(O)ccc1O. The van der Waals surface area contributed by atoms with E-state index in [0.717, 1.165) is 0 Å². The van der Waals surface area contributed by atoms with Gasteiger partial charge in [0.05, 0.1) is 11.3 Å². The van der Waals surface area contributed by atoms with Crippen molar-refractivity contribution >= 4 is 11.6 Å². The lowest BCUT2D eigenvalue weighted by Gasteiger charge is -2.06. The molecule has 0 aliphatic carbocycles. The predicted octanol–water partition coefficient (Wildman–Crippen LogP) is 1.96. The summed E-state index contributed by atoms with van der Waals surface area (Å²) in [5, 5.41) is 32.5. The molecular weight excluding hydrogens is 272 g/mol. The molecule has 0 spiro atoms. The van der Waals surface area contributed by atoms with Gasteiger partial charge in [0.15, 0.2) is 0 Å². The second-order valence-electron chi connectivity index (χ2n) is 4.36. The molecule has 0 saturated heterocycles. The molecule has 0 heterocycles. The number of aromatic hydroxyl groups is 3. The lowest BCUT2D eigenvalue weighted by atomic mass is 10.1. The van der Waals surface area contributed by atoms with Gasteiger partial charge < -0.3 is 15.3 Å². The summed E-state index contributed by atoms with van der Waals surface area (Å²) in [6, 6.07) is 10.1. The molecule has 2 aromatic rings. The Kier molecular flexibility index (Phi) is 4.08. The quantitative estimate of drug-likeness (QED) is 0.393. The van der Waals surface area contributed by atoms with Gasteiger partial charge >= 0.3 is 0 Å². The molecule has 0 aromatic heterocycles. The van der Waals surface area contributed by atoms with E-state index in [1.54, 1.807) is 19.1 Å². The Labute approximate surface area is 121 Å². The van der Waals surface area contributed by atoms with E-state index in [1.165, 1.54) is 30.3 Å². The zero-order valence-corrected chi connectivity index (χ0v) is 11.2. The molecule has 1 amide bonds. The standard InChI is InChI=1S/C15H14N2O4/c1-9(12-8-10(18)6-7-14(12)20)16-17-15(21)11-4-2-3-5-13(11)19/h2-8,18-20H,1H3,(H,17,21)/b16-9-. The number of nitrogens with one attached hydrogen (secondary N) is 1. The number of carbonyl (C=O) groups is 1. The average molecular weight is 286 g/mol. The summed E-state index contributed by atoms with van der Waals surface area (Å²) < 4.78 is 0. The van der Waals surface area contributed by atoms with E-state index in [9.17, 15) is 20.1 Å². The van der Waals surface area contributed by atoms with Crippen molar-refractivity contribution in [3.8, 4) is 17.2 Å². The Bertz CT molecular complexity index is 711. The minimum atomic E-state index is -0.577. The van der Waals surface area contributed by atoms with Crippen LogP contribution in [0.2, 0.25) is 0 Å². The van der Waals surface area contributed by atoms with Crippen LogP contribution in [0.5, 0.6) is 17.2 Å². The molecule has 0 radical (unpaired) electrons. The Balaban J connectivity index is 2.19. The number of rotatable bonds is 3. The van der Waals surface area contributed by atoms with Crippen molar-refractivity contribution in [2.45, 2.75) is 6.92 Å². The van der Waals surface area contributed by atoms with Crippen molar-refractivity contribution in [1.82, 2.24) is 5.43 Å². The number of carbonyl (C=O) groups excluding carboxylic acids is 1. The van der Waals surface area contributed by atoms with E-state index in [-0.39, 0.29) is 22.8 Å². The van der Waals surface area contributed by atoms with Gasteiger partial charge in [-0.15, -0.1) is 0 Å². The lowest BCUT2D eigenvalue weighted by molar-refractivity contribution is 0.0952. The third-order valence-corrected chi connectivity index (χ3v) is 2.84. The van der Waals surface area contributed by atoms with Gasteiger partial charge in [0.25, 0.3) is 5.91 Å². The molecule has 0 atom stereocenters. The first-order valence-corrected chi connectivity index (χ1v) is 6.14. The maximum atomic E-state index is 11.9. The minimum absolute atomic E-state index is 0.0237. The normalized spacial score (nSPS) is 11.2. The molecule has 6 nitrogen and oxygen atoms in total. The highest BCUT2D eigenvalue weighted by molar-refractivity contribution is 6.03. The monoisotopic (exact) mass is 286 g/mol. The summed E-state index contributed by atoms with van der Waals surface area (Å²) in [5.74, 6) is -0.814. The molecule has 0 aliphatic heterocycles. The number of nitrogens with zero attached hydrogens (tertiary/aromatic N) is 1. The fourth-order valence-corrected chi connectivity index (χ4v) is 1.73. The second-order valence-corrected chi connectivity index (χ2v) is 4.36. The Morgan fingerprint density at radius 2 is 1.67 bits per heavy atom. The molecule has 21 heavy (non-hydrogen) atoms. The van der Waals surface area contributed by atoms with Gasteiger partial charge in [0.2, 0.25) is 0 Å². The Morgan fingerprint density at radius 3 is 2.38 bits per heavy atom.